The predicted molar refractivity (Wildman–Crippen MR) is 58.5 cm³/mol. The van der Waals surface area contributed by atoms with Crippen molar-refractivity contribution in [2.24, 2.45) is 0 Å². The fraction of sp³-hybridized carbons (Fsp3) is 0.667. The Balaban J connectivity index is 1.90. The fourth-order valence-electron chi connectivity index (χ4n) is 1.27. The van der Waals surface area contributed by atoms with Crippen LogP contribution in [0.4, 0.5) is 5.13 Å². The van der Waals surface area contributed by atoms with Crippen LogP contribution >= 0.6 is 11.3 Å². The van der Waals surface area contributed by atoms with Gasteiger partial charge in [-0.3, -0.25) is 10.1 Å². The second-order valence-electron chi connectivity index (χ2n) is 3.28. The molecule has 16 heavy (non-hydrogen) atoms. The van der Waals surface area contributed by atoms with Crippen LogP contribution in [0.5, 0.6) is 0 Å². The molecule has 0 radical (unpaired) electrons. The molecule has 1 fully saturated rings. The quantitative estimate of drug-likeness (QED) is 0.834. The Bertz CT molecular complexity index is 363. The first-order valence-corrected chi connectivity index (χ1v) is 5.94. The molecule has 0 saturated carbocycles. The van der Waals surface area contributed by atoms with Crippen molar-refractivity contribution in [3.05, 3.63) is 5.01 Å². The number of nitrogens with one attached hydrogen (secondary N) is 1. The normalized spacial score (nSPS) is 20.7. The van der Waals surface area contributed by atoms with Gasteiger partial charge in [0.25, 0.3) is 5.91 Å². The number of aryl methyl sites for hydroxylation is 1. The van der Waals surface area contributed by atoms with Gasteiger partial charge in [-0.15, -0.1) is 10.2 Å². The molecule has 88 valence electrons. The van der Waals surface area contributed by atoms with Crippen molar-refractivity contribution in [1.82, 2.24) is 10.2 Å². The lowest BCUT2D eigenvalue weighted by atomic mass is 10.3. The maximum Gasteiger partial charge on any atom is 0.257 e. The highest BCUT2D eigenvalue weighted by molar-refractivity contribution is 7.15. The standard InChI is InChI=1S/C9H13N3O3S/c1-2-7-11-12-9(16-7)10-8(13)6-5-14-3-4-15-6/h6H,2-5H2,1H3,(H,10,12,13). The molecule has 2 heterocycles. The van der Waals surface area contributed by atoms with E-state index in [0.717, 1.165) is 11.4 Å². The summed E-state index contributed by atoms with van der Waals surface area (Å²) in [5.41, 5.74) is 0. The monoisotopic (exact) mass is 243 g/mol. The van der Waals surface area contributed by atoms with Crippen molar-refractivity contribution in [3.8, 4) is 0 Å². The van der Waals surface area contributed by atoms with E-state index < -0.39 is 6.10 Å². The molecular formula is C9H13N3O3S. The molecule has 6 nitrogen and oxygen atoms in total. The van der Waals surface area contributed by atoms with Crippen LogP contribution in [0.2, 0.25) is 0 Å². The predicted octanol–water partition coefficient (Wildman–Crippen LogP) is 0.454. The van der Waals surface area contributed by atoms with Crippen LogP contribution in [0.15, 0.2) is 0 Å². The first-order valence-electron chi connectivity index (χ1n) is 5.12. The van der Waals surface area contributed by atoms with E-state index in [4.69, 9.17) is 9.47 Å². The highest BCUT2D eigenvalue weighted by Gasteiger charge is 2.23. The summed E-state index contributed by atoms with van der Waals surface area (Å²) in [5, 5.41) is 11.9. The Morgan fingerprint density at radius 3 is 3.06 bits per heavy atom. The summed E-state index contributed by atoms with van der Waals surface area (Å²) < 4.78 is 10.4. The number of carbonyl (C=O) groups excluding carboxylic acids is 1. The number of aromatic nitrogens is 2. The minimum Gasteiger partial charge on any atom is -0.376 e. The van der Waals surface area contributed by atoms with E-state index in [9.17, 15) is 4.79 Å². The van der Waals surface area contributed by atoms with Gasteiger partial charge in [-0.05, 0) is 6.42 Å². The SMILES string of the molecule is CCc1nnc(NC(=O)C2COCCO2)s1. The van der Waals surface area contributed by atoms with Gasteiger partial charge in [0.15, 0.2) is 6.10 Å². The molecule has 0 spiro atoms. The lowest BCUT2D eigenvalue weighted by Crippen LogP contribution is -2.39. The Kier molecular flexibility index (Phi) is 3.81. The number of anilines is 1. The van der Waals surface area contributed by atoms with E-state index in [0.29, 0.717) is 25.0 Å². The van der Waals surface area contributed by atoms with Crippen LogP contribution in [0.1, 0.15) is 11.9 Å². The van der Waals surface area contributed by atoms with Gasteiger partial charge in [0.05, 0.1) is 19.8 Å². The molecule has 1 aliphatic heterocycles. The third-order valence-corrected chi connectivity index (χ3v) is 3.09. The van der Waals surface area contributed by atoms with Crippen LogP contribution < -0.4 is 5.32 Å². The molecule has 1 amide bonds. The molecule has 1 aliphatic rings. The molecule has 0 bridgehead atoms. The molecule has 7 heteroatoms. The zero-order chi connectivity index (χ0) is 11.4. The highest BCUT2D eigenvalue weighted by Crippen LogP contribution is 2.16. The zero-order valence-corrected chi connectivity index (χ0v) is 9.75. The minimum atomic E-state index is -0.539. The average molecular weight is 243 g/mol. The first-order chi connectivity index (χ1) is 7.79. The smallest absolute Gasteiger partial charge is 0.257 e. The van der Waals surface area contributed by atoms with E-state index >= 15 is 0 Å². The molecule has 2 rings (SSSR count). The summed E-state index contributed by atoms with van der Waals surface area (Å²) in [6, 6.07) is 0. The van der Waals surface area contributed by atoms with Crippen molar-refractivity contribution in [3.63, 3.8) is 0 Å². The fourth-order valence-corrected chi connectivity index (χ4v) is 1.95. The van der Waals surface area contributed by atoms with Gasteiger partial charge in [0.1, 0.15) is 5.01 Å². The Labute approximate surface area is 97.0 Å². The summed E-state index contributed by atoms with van der Waals surface area (Å²) in [4.78, 5) is 11.7. The zero-order valence-electron chi connectivity index (χ0n) is 8.93. The summed E-state index contributed by atoms with van der Waals surface area (Å²) in [6.45, 7) is 3.28. The molecule has 0 aliphatic carbocycles. The van der Waals surface area contributed by atoms with Gasteiger partial charge >= 0.3 is 0 Å². The van der Waals surface area contributed by atoms with E-state index in [1.807, 2.05) is 6.92 Å². The highest BCUT2D eigenvalue weighted by atomic mass is 32.1. The van der Waals surface area contributed by atoms with Crippen LogP contribution in [0.25, 0.3) is 0 Å². The molecule has 1 aromatic rings. The van der Waals surface area contributed by atoms with Gasteiger partial charge in [-0.2, -0.15) is 0 Å². The number of hydrogen-bond donors (Lipinski definition) is 1. The van der Waals surface area contributed by atoms with Crippen LogP contribution in [0.3, 0.4) is 0 Å². The van der Waals surface area contributed by atoms with Gasteiger partial charge < -0.3 is 9.47 Å². The molecule has 1 unspecified atom stereocenters. The number of hydrogen-bond acceptors (Lipinski definition) is 6. The summed E-state index contributed by atoms with van der Waals surface area (Å²) in [5.74, 6) is -0.224. The van der Waals surface area contributed by atoms with Crippen LogP contribution in [0, 0.1) is 0 Å². The largest absolute Gasteiger partial charge is 0.376 e. The Morgan fingerprint density at radius 1 is 1.56 bits per heavy atom. The third kappa shape index (κ3) is 2.75. The molecule has 1 atom stereocenters. The van der Waals surface area contributed by atoms with E-state index in [-0.39, 0.29) is 5.91 Å². The number of nitrogens with zero attached hydrogens (tertiary/aromatic N) is 2. The summed E-state index contributed by atoms with van der Waals surface area (Å²) in [7, 11) is 0. The van der Waals surface area contributed by atoms with E-state index in [2.05, 4.69) is 15.5 Å². The minimum absolute atomic E-state index is 0.224. The summed E-state index contributed by atoms with van der Waals surface area (Å²) >= 11 is 1.37. The molecule has 1 aromatic heterocycles. The molecule has 1 saturated heterocycles. The van der Waals surface area contributed by atoms with Crippen LogP contribution in [-0.2, 0) is 20.7 Å². The van der Waals surface area contributed by atoms with Gasteiger partial charge in [0, 0.05) is 0 Å². The molecular weight excluding hydrogens is 230 g/mol. The number of carbonyl (C=O) groups is 1. The Morgan fingerprint density at radius 2 is 2.44 bits per heavy atom. The maximum absolute atomic E-state index is 11.7. The van der Waals surface area contributed by atoms with Crippen molar-refractivity contribution >= 4 is 22.4 Å². The molecule has 1 N–H and O–H groups in total. The second-order valence-corrected chi connectivity index (χ2v) is 4.34. The van der Waals surface area contributed by atoms with Gasteiger partial charge in [0.2, 0.25) is 5.13 Å². The Hall–Kier alpha value is -1.05. The van der Waals surface area contributed by atoms with Gasteiger partial charge in [-0.25, -0.2) is 0 Å². The first kappa shape index (κ1) is 11.4. The summed E-state index contributed by atoms with van der Waals surface area (Å²) in [6.07, 6.45) is 0.277. The third-order valence-electron chi connectivity index (χ3n) is 2.11. The van der Waals surface area contributed by atoms with Crippen molar-refractivity contribution in [2.45, 2.75) is 19.4 Å². The van der Waals surface area contributed by atoms with Crippen LogP contribution in [-0.4, -0.2) is 42.0 Å². The number of rotatable bonds is 3. The lowest BCUT2D eigenvalue weighted by Gasteiger charge is -2.21. The second kappa shape index (κ2) is 5.33. The average Bonchev–Trinajstić information content (AvgIpc) is 2.78. The number of ether oxygens (including phenoxy) is 2. The topological polar surface area (TPSA) is 73.3 Å². The van der Waals surface area contributed by atoms with Crippen molar-refractivity contribution in [2.75, 3.05) is 25.1 Å². The van der Waals surface area contributed by atoms with Crippen molar-refractivity contribution < 1.29 is 14.3 Å². The molecule has 0 aromatic carbocycles. The maximum atomic E-state index is 11.7. The van der Waals surface area contributed by atoms with E-state index in [1.165, 1.54) is 11.3 Å². The lowest BCUT2D eigenvalue weighted by molar-refractivity contribution is -0.142. The van der Waals surface area contributed by atoms with Crippen molar-refractivity contribution in [1.29, 1.82) is 0 Å². The van der Waals surface area contributed by atoms with E-state index in [1.54, 1.807) is 0 Å². The van der Waals surface area contributed by atoms with Gasteiger partial charge in [-0.1, -0.05) is 18.3 Å². The number of amides is 1.